The fourth-order valence-corrected chi connectivity index (χ4v) is 2.32. The van der Waals surface area contributed by atoms with E-state index in [0.717, 1.165) is 10.0 Å². The topological polar surface area (TPSA) is 47.6 Å². The van der Waals surface area contributed by atoms with Crippen molar-refractivity contribution in [2.75, 3.05) is 5.32 Å². The van der Waals surface area contributed by atoms with Crippen molar-refractivity contribution in [1.82, 2.24) is 0 Å². The van der Waals surface area contributed by atoms with Crippen molar-refractivity contribution in [3.8, 4) is 5.75 Å². The first-order valence-electron chi connectivity index (χ1n) is 6.98. The summed E-state index contributed by atoms with van der Waals surface area (Å²) in [7, 11) is 0. The van der Waals surface area contributed by atoms with E-state index in [4.69, 9.17) is 9.47 Å². The monoisotopic (exact) mass is 363 g/mol. The second-order valence-electron chi connectivity index (χ2n) is 5.03. The first kappa shape index (κ1) is 16.4. The third-order valence-corrected chi connectivity index (χ3v) is 3.16. The Labute approximate surface area is 138 Å². The van der Waals surface area contributed by atoms with Gasteiger partial charge >= 0.3 is 6.09 Å². The van der Waals surface area contributed by atoms with Crippen molar-refractivity contribution < 1.29 is 14.3 Å². The molecule has 0 aliphatic rings. The molecule has 4 nitrogen and oxygen atoms in total. The molecule has 1 amide bonds. The van der Waals surface area contributed by atoms with Gasteiger partial charge in [-0.2, -0.15) is 0 Å². The lowest BCUT2D eigenvalue weighted by Crippen LogP contribution is -2.14. The largest absolute Gasteiger partial charge is 0.491 e. The molecule has 2 aromatic carbocycles. The number of ether oxygens (including phenoxy) is 2. The molecular formula is C17H18BrNO3. The zero-order chi connectivity index (χ0) is 15.9. The van der Waals surface area contributed by atoms with Crippen LogP contribution in [0, 0.1) is 0 Å². The fourth-order valence-electron chi connectivity index (χ4n) is 1.85. The molecule has 0 atom stereocenters. The highest BCUT2D eigenvalue weighted by atomic mass is 79.9. The van der Waals surface area contributed by atoms with Gasteiger partial charge in [0.2, 0.25) is 0 Å². The van der Waals surface area contributed by atoms with Gasteiger partial charge in [0.25, 0.3) is 0 Å². The van der Waals surface area contributed by atoms with Crippen LogP contribution in [0.25, 0.3) is 0 Å². The number of carbonyl (C=O) groups is 1. The quantitative estimate of drug-likeness (QED) is 0.814. The maximum absolute atomic E-state index is 11.8. The first-order valence-corrected chi connectivity index (χ1v) is 7.77. The summed E-state index contributed by atoms with van der Waals surface area (Å²) < 4.78 is 11.6. The van der Waals surface area contributed by atoms with Crippen molar-refractivity contribution in [3.05, 3.63) is 58.6 Å². The molecule has 0 heterocycles. The number of hydrogen-bond donors (Lipinski definition) is 1. The molecule has 22 heavy (non-hydrogen) atoms. The van der Waals surface area contributed by atoms with Gasteiger partial charge in [0, 0.05) is 16.2 Å². The van der Waals surface area contributed by atoms with E-state index in [9.17, 15) is 4.79 Å². The van der Waals surface area contributed by atoms with Crippen molar-refractivity contribution in [2.45, 2.75) is 26.6 Å². The Morgan fingerprint density at radius 1 is 1.18 bits per heavy atom. The Hall–Kier alpha value is -2.01. The van der Waals surface area contributed by atoms with Crippen molar-refractivity contribution >= 4 is 27.7 Å². The van der Waals surface area contributed by atoms with E-state index < -0.39 is 6.09 Å². The van der Waals surface area contributed by atoms with Crippen LogP contribution >= 0.6 is 15.9 Å². The lowest BCUT2D eigenvalue weighted by atomic mass is 10.2. The Kier molecular flexibility index (Phi) is 5.83. The van der Waals surface area contributed by atoms with Crippen molar-refractivity contribution in [3.63, 3.8) is 0 Å². The van der Waals surface area contributed by atoms with Gasteiger partial charge in [0.05, 0.1) is 6.10 Å². The van der Waals surface area contributed by atoms with Crippen LogP contribution in [0.4, 0.5) is 10.5 Å². The lowest BCUT2D eigenvalue weighted by molar-refractivity contribution is 0.155. The Bertz CT molecular complexity index is 629. The van der Waals surface area contributed by atoms with Crippen LogP contribution in [0.2, 0.25) is 0 Å². The zero-order valence-electron chi connectivity index (χ0n) is 12.5. The van der Waals surface area contributed by atoms with Gasteiger partial charge in [-0.3, -0.25) is 5.32 Å². The Balaban J connectivity index is 1.94. The lowest BCUT2D eigenvalue weighted by Gasteiger charge is -2.12. The molecule has 0 aromatic heterocycles. The Morgan fingerprint density at radius 2 is 1.91 bits per heavy atom. The standard InChI is InChI=1S/C17H18BrNO3/c1-12(2)22-16-9-14(18)8-15(10-16)19-17(20)21-11-13-6-4-3-5-7-13/h3-10,12H,11H2,1-2H3,(H,19,20). The Morgan fingerprint density at radius 3 is 2.59 bits per heavy atom. The molecule has 1 N–H and O–H groups in total. The van der Waals surface area contributed by atoms with E-state index in [2.05, 4.69) is 21.2 Å². The van der Waals surface area contributed by atoms with Gasteiger partial charge in [0.15, 0.2) is 0 Å². The molecule has 2 aromatic rings. The van der Waals surface area contributed by atoms with Gasteiger partial charge in [-0.05, 0) is 31.5 Å². The highest BCUT2D eigenvalue weighted by Crippen LogP contribution is 2.25. The summed E-state index contributed by atoms with van der Waals surface area (Å²) in [6.45, 7) is 4.13. The second-order valence-corrected chi connectivity index (χ2v) is 5.94. The molecule has 0 saturated heterocycles. The minimum atomic E-state index is -0.502. The van der Waals surface area contributed by atoms with E-state index in [1.807, 2.05) is 50.2 Å². The molecular weight excluding hydrogens is 346 g/mol. The van der Waals surface area contributed by atoms with Crippen molar-refractivity contribution in [2.24, 2.45) is 0 Å². The summed E-state index contributed by atoms with van der Waals surface area (Å²) in [6, 6.07) is 14.9. The van der Waals surface area contributed by atoms with E-state index in [1.54, 1.807) is 12.1 Å². The normalized spacial score (nSPS) is 10.4. The SMILES string of the molecule is CC(C)Oc1cc(Br)cc(NC(=O)OCc2ccccc2)c1. The van der Waals surface area contributed by atoms with E-state index >= 15 is 0 Å². The fraction of sp³-hybridized carbons (Fsp3) is 0.235. The number of nitrogens with one attached hydrogen (secondary N) is 1. The summed E-state index contributed by atoms with van der Waals surface area (Å²) in [5.41, 5.74) is 1.55. The first-order chi connectivity index (χ1) is 10.5. The number of carbonyl (C=O) groups excluding carboxylic acids is 1. The van der Waals surface area contributed by atoms with E-state index in [-0.39, 0.29) is 12.7 Å². The van der Waals surface area contributed by atoms with Gasteiger partial charge in [0.1, 0.15) is 12.4 Å². The van der Waals surface area contributed by atoms with Crippen LogP contribution in [0.3, 0.4) is 0 Å². The van der Waals surface area contributed by atoms with Gasteiger partial charge in [-0.1, -0.05) is 46.3 Å². The number of rotatable bonds is 5. The van der Waals surface area contributed by atoms with Crippen LogP contribution < -0.4 is 10.1 Å². The van der Waals surface area contributed by atoms with Crippen LogP contribution in [-0.2, 0) is 11.3 Å². The maximum atomic E-state index is 11.8. The molecule has 0 bridgehead atoms. The zero-order valence-corrected chi connectivity index (χ0v) is 14.1. The molecule has 0 aliphatic heterocycles. The molecule has 0 saturated carbocycles. The minimum Gasteiger partial charge on any atom is -0.491 e. The highest BCUT2D eigenvalue weighted by molar-refractivity contribution is 9.10. The van der Waals surface area contributed by atoms with Crippen molar-refractivity contribution in [1.29, 1.82) is 0 Å². The highest BCUT2D eigenvalue weighted by Gasteiger charge is 2.07. The molecule has 2 rings (SSSR count). The van der Waals surface area contributed by atoms with Crippen LogP contribution in [0.1, 0.15) is 19.4 Å². The predicted octanol–water partition coefficient (Wildman–Crippen LogP) is 4.99. The van der Waals surface area contributed by atoms with Gasteiger partial charge in [-0.15, -0.1) is 0 Å². The molecule has 116 valence electrons. The average Bonchev–Trinajstić information content (AvgIpc) is 2.45. The molecule has 0 spiro atoms. The second kappa shape index (κ2) is 7.84. The third-order valence-electron chi connectivity index (χ3n) is 2.70. The van der Waals surface area contributed by atoms with E-state index in [0.29, 0.717) is 11.4 Å². The molecule has 0 unspecified atom stereocenters. The summed E-state index contributed by atoms with van der Waals surface area (Å²) in [5, 5.41) is 2.70. The summed E-state index contributed by atoms with van der Waals surface area (Å²) >= 11 is 3.40. The molecule has 0 aliphatic carbocycles. The molecule has 5 heteroatoms. The summed E-state index contributed by atoms with van der Waals surface area (Å²) in [5.74, 6) is 0.683. The van der Waals surface area contributed by atoms with Crippen LogP contribution in [0.5, 0.6) is 5.75 Å². The van der Waals surface area contributed by atoms with E-state index in [1.165, 1.54) is 0 Å². The minimum absolute atomic E-state index is 0.0622. The van der Waals surface area contributed by atoms with Crippen LogP contribution in [-0.4, -0.2) is 12.2 Å². The molecule has 0 fully saturated rings. The maximum Gasteiger partial charge on any atom is 0.411 e. The smallest absolute Gasteiger partial charge is 0.411 e. The van der Waals surface area contributed by atoms with Gasteiger partial charge in [-0.25, -0.2) is 4.79 Å². The summed E-state index contributed by atoms with van der Waals surface area (Å²) in [4.78, 5) is 11.8. The third kappa shape index (κ3) is 5.41. The number of amides is 1. The average molecular weight is 364 g/mol. The number of halogens is 1. The van der Waals surface area contributed by atoms with Gasteiger partial charge < -0.3 is 9.47 Å². The predicted molar refractivity (Wildman–Crippen MR) is 90.2 cm³/mol. The number of anilines is 1. The number of benzene rings is 2. The van der Waals surface area contributed by atoms with Crippen LogP contribution in [0.15, 0.2) is 53.0 Å². The molecule has 0 radical (unpaired) electrons. The summed E-state index contributed by atoms with van der Waals surface area (Å²) in [6.07, 6.45) is -0.440. The number of hydrogen-bond acceptors (Lipinski definition) is 3.